The van der Waals surface area contributed by atoms with Crippen LogP contribution in [-0.2, 0) is 0 Å². The van der Waals surface area contributed by atoms with E-state index in [2.05, 4.69) is 21.3 Å². The molecule has 0 heterocycles. The van der Waals surface area contributed by atoms with Crippen molar-refractivity contribution in [1.29, 1.82) is 0 Å². The van der Waals surface area contributed by atoms with E-state index in [9.17, 15) is 9.59 Å². The average molecular weight is 397 g/mol. The van der Waals surface area contributed by atoms with Gasteiger partial charge in [-0.3, -0.25) is 0 Å². The Balaban J connectivity index is 1.14. The number of urea groups is 2. The van der Waals surface area contributed by atoms with Gasteiger partial charge in [-0.15, -0.1) is 0 Å². The number of amides is 4. The zero-order valence-corrected chi connectivity index (χ0v) is 17.2. The standard InChI is InChI=1S/C23H32N4O2/c1-13-10-11-14(24-22(28)26-20-15-6-2-3-7-16(15)20)12-19(13)25-23(29)27-21-17-8-4-5-9-18(17)21/h10-12,15-18,20-21H,2-9H2,1H3,(H2,24,26,28)(H2,25,27,29). The summed E-state index contributed by atoms with van der Waals surface area (Å²) in [5.74, 6) is 2.72. The highest BCUT2D eigenvalue weighted by Gasteiger charge is 2.52. The van der Waals surface area contributed by atoms with Crippen LogP contribution < -0.4 is 21.3 Å². The summed E-state index contributed by atoms with van der Waals surface area (Å²) < 4.78 is 0. The highest BCUT2D eigenvalue weighted by atomic mass is 16.2. The molecule has 4 saturated carbocycles. The van der Waals surface area contributed by atoms with Crippen LogP contribution in [0.25, 0.3) is 0 Å². The Morgan fingerprint density at radius 2 is 1.24 bits per heavy atom. The van der Waals surface area contributed by atoms with Crippen molar-refractivity contribution in [2.24, 2.45) is 23.7 Å². The Bertz CT molecular complexity index is 786. The zero-order chi connectivity index (χ0) is 20.0. The first kappa shape index (κ1) is 18.8. The molecular weight excluding hydrogens is 364 g/mol. The second-order valence-corrected chi connectivity index (χ2v) is 9.50. The highest BCUT2D eigenvalue weighted by molar-refractivity contribution is 5.94. The van der Waals surface area contributed by atoms with Gasteiger partial charge in [0.2, 0.25) is 0 Å². The quantitative estimate of drug-likeness (QED) is 0.599. The fourth-order valence-corrected chi connectivity index (χ4v) is 5.88. The number of anilines is 2. The maximum atomic E-state index is 12.5. The third-order valence-electron chi connectivity index (χ3n) is 7.65. The fourth-order valence-electron chi connectivity index (χ4n) is 5.88. The number of fused-ring (bicyclic) bond motifs is 2. The number of rotatable bonds is 4. The summed E-state index contributed by atoms with van der Waals surface area (Å²) in [5.41, 5.74) is 2.42. The first-order valence-electron chi connectivity index (χ1n) is 11.4. The van der Waals surface area contributed by atoms with Crippen LogP contribution in [0.5, 0.6) is 0 Å². The van der Waals surface area contributed by atoms with Crippen molar-refractivity contribution >= 4 is 23.4 Å². The van der Waals surface area contributed by atoms with Gasteiger partial charge in [-0.2, -0.15) is 0 Å². The third kappa shape index (κ3) is 3.94. The van der Waals surface area contributed by atoms with Gasteiger partial charge in [0.05, 0.1) is 0 Å². The molecule has 4 aliphatic carbocycles. The van der Waals surface area contributed by atoms with Crippen molar-refractivity contribution < 1.29 is 9.59 Å². The molecule has 0 spiro atoms. The van der Waals surface area contributed by atoms with E-state index in [1.807, 2.05) is 25.1 Å². The summed E-state index contributed by atoms with van der Waals surface area (Å²) in [6.07, 6.45) is 10.1. The van der Waals surface area contributed by atoms with Crippen molar-refractivity contribution in [1.82, 2.24) is 10.6 Å². The molecule has 1 aromatic carbocycles. The van der Waals surface area contributed by atoms with Gasteiger partial charge in [-0.1, -0.05) is 31.7 Å². The maximum Gasteiger partial charge on any atom is 0.319 e. The van der Waals surface area contributed by atoms with Crippen LogP contribution in [-0.4, -0.2) is 24.1 Å². The normalized spacial score (nSPS) is 34.2. The van der Waals surface area contributed by atoms with Gasteiger partial charge < -0.3 is 21.3 Å². The number of hydrogen-bond acceptors (Lipinski definition) is 2. The fraction of sp³-hybridized carbons (Fsp3) is 0.652. The largest absolute Gasteiger partial charge is 0.335 e. The molecule has 6 nitrogen and oxygen atoms in total. The van der Waals surface area contributed by atoms with Crippen LogP contribution in [0.1, 0.15) is 56.9 Å². The molecule has 29 heavy (non-hydrogen) atoms. The molecule has 0 bridgehead atoms. The van der Waals surface area contributed by atoms with Crippen LogP contribution in [0.2, 0.25) is 0 Å². The molecule has 156 valence electrons. The Kier molecular flexibility index (Phi) is 4.88. The van der Waals surface area contributed by atoms with Crippen molar-refractivity contribution in [3.8, 4) is 0 Å². The molecular formula is C23H32N4O2. The molecule has 4 N–H and O–H groups in total. The van der Waals surface area contributed by atoms with Crippen molar-refractivity contribution in [3.63, 3.8) is 0 Å². The summed E-state index contributed by atoms with van der Waals surface area (Å²) in [5, 5.41) is 12.2. The molecule has 1 aromatic rings. The molecule has 4 aliphatic rings. The van der Waals surface area contributed by atoms with Gasteiger partial charge >= 0.3 is 12.1 Å². The van der Waals surface area contributed by atoms with E-state index in [4.69, 9.17) is 0 Å². The topological polar surface area (TPSA) is 82.3 Å². The molecule has 0 radical (unpaired) electrons. The van der Waals surface area contributed by atoms with E-state index in [0.717, 1.165) is 11.3 Å². The number of benzene rings is 1. The lowest BCUT2D eigenvalue weighted by Crippen LogP contribution is -2.33. The molecule has 4 atom stereocenters. The Morgan fingerprint density at radius 3 is 1.76 bits per heavy atom. The lowest BCUT2D eigenvalue weighted by molar-refractivity contribution is 0.250. The summed E-state index contributed by atoms with van der Waals surface area (Å²) in [6, 6.07) is 6.04. The lowest BCUT2D eigenvalue weighted by Gasteiger charge is -2.13. The summed E-state index contributed by atoms with van der Waals surface area (Å²) in [4.78, 5) is 24.9. The predicted molar refractivity (Wildman–Crippen MR) is 114 cm³/mol. The summed E-state index contributed by atoms with van der Waals surface area (Å²) in [6.45, 7) is 1.96. The van der Waals surface area contributed by atoms with E-state index in [1.165, 1.54) is 51.4 Å². The smallest absolute Gasteiger partial charge is 0.319 e. The molecule has 0 aromatic heterocycles. The molecule has 6 heteroatoms. The summed E-state index contributed by atoms with van der Waals surface area (Å²) >= 11 is 0. The molecule has 4 amide bonds. The number of carbonyl (C=O) groups excluding carboxylic acids is 2. The van der Waals surface area contributed by atoms with Crippen molar-refractivity contribution in [2.75, 3.05) is 10.6 Å². The van der Waals surface area contributed by atoms with E-state index in [-0.39, 0.29) is 12.1 Å². The van der Waals surface area contributed by atoms with Gasteiger partial charge in [-0.25, -0.2) is 9.59 Å². The van der Waals surface area contributed by atoms with Crippen LogP contribution in [0.15, 0.2) is 18.2 Å². The van der Waals surface area contributed by atoms with Crippen LogP contribution in [0, 0.1) is 30.6 Å². The van der Waals surface area contributed by atoms with E-state index >= 15 is 0 Å². The lowest BCUT2D eigenvalue weighted by atomic mass is 10.0. The Labute approximate surface area is 172 Å². The van der Waals surface area contributed by atoms with Crippen LogP contribution in [0.4, 0.5) is 21.0 Å². The van der Waals surface area contributed by atoms with E-state index in [0.29, 0.717) is 41.4 Å². The molecule has 4 fully saturated rings. The minimum absolute atomic E-state index is 0.142. The predicted octanol–water partition coefficient (Wildman–Crippen LogP) is 4.62. The van der Waals surface area contributed by atoms with E-state index in [1.54, 1.807) is 0 Å². The highest BCUT2D eigenvalue weighted by Crippen LogP contribution is 2.50. The number of carbonyl (C=O) groups is 2. The minimum atomic E-state index is -0.147. The Hall–Kier alpha value is -2.24. The first-order chi connectivity index (χ1) is 14.1. The average Bonchev–Trinajstić information content (AvgIpc) is 3.60. The maximum absolute atomic E-state index is 12.5. The van der Waals surface area contributed by atoms with Gasteiger partial charge in [0.25, 0.3) is 0 Å². The van der Waals surface area contributed by atoms with Crippen molar-refractivity contribution in [3.05, 3.63) is 23.8 Å². The van der Waals surface area contributed by atoms with Crippen LogP contribution >= 0.6 is 0 Å². The van der Waals surface area contributed by atoms with Crippen molar-refractivity contribution in [2.45, 2.75) is 70.4 Å². The molecule has 4 unspecified atom stereocenters. The van der Waals surface area contributed by atoms with E-state index < -0.39 is 0 Å². The third-order valence-corrected chi connectivity index (χ3v) is 7.65. The van der Waals surface area contributed by atoms with Gasteiger partial charge in [-0.05, 0) is 74.0 Å². The number of aryl methyl sites for hydroxylation is 1. The number of hydrogen-bond donors (Lipinski definition) is 4. The minimum Gasteiger partial charge on any atom is -0.335 e. The van der Waals surface area contributed by atoms with Crippen LogP contribution in [0.3, 0.4) is 0 Å². The first-order valence-corrected chi connectivity index (χ1v) is 11.4. The molecule has 5 rings (SSSR count). The second kappa shape index (κ2) is 7.54. The second-order valence-electron chi connectivity index (χ2n) is 9.50. The molecule has 0 aliphatic heterocycles. The Morgan fingerprint density at radius 1 is 0.759 bits per heavy atom. The van der Waals surface area contributed by atoms with Gasteiger partial charge in [0, 0.05) is 23.5 Å². The number of nitrogens with one attached hydrogen (secondary N) is 4. The summed E-state index contributed by atoms with van der Waals surface area (Å²) in [7, 11) is 0. The van der Waals surface area contributed by atoms with Gasteiger partial charge in [0.1, 0.15) is 0 Å². The molecule has 0 saturated heterocycles. The zero-order valence-electron chi connectivity index (χ0n) is 17.2. The van der Waals surface area contributed by atoms with Gasteiger partial charge in [0.15, 0.2) is 0 Å². The SMILES string of the molecule is Cc1ccc(NC(=O)NC2C3CCCCC32)cc1NC(=O)NC1C2CCCCC21. The monoisotopic (exact) mass is 396 g/mol.